The smallest absolute Gasteiger partial charge is 0.339 e. The van der Waals surface area contributed by atoms with Gasteiger partial charge in [0.1, 0.15) is 4.90 Å². The molecule has 0 aromatic heterocycles. The van der Waals surface area contributed by atoms with E-state index >= 15 is 0 Å². The zero-order valence-electron chi connectivity index (χ0n) is 20.5. The zero-order valence-corrected chi connectivity index (χ0v) is 21.3. The molecule has 0 spiro atoms. The van der Waals surface area contributed by atoms with Crippen molar-refractivity contribution in [2.75, 3.05) is 20.3 Å². The van der Waals surface area contributed by atoms with Gasteiger partial charge in [-0.1, -0.05) is 17.7 Å². The van der Waals surface area contributed by atoms with E-state index < -0.39 is 16.0 Å². The molecule has 3 aromatic carbocycles. The zero-order chi connectivity index (χ0) is 26.1. The number of rotatable bonds is 11. The lowest BCUT2D eigenvalue weighted by atomic mass is 10.2. The highest BCUT2D eigenvalue weighted by molar-refractivity contribution is 7.87. The number of hydrogen-bond donors (Lipinski definition) is 1. The maximum Gasteiger partial charge on any atom is 0.339 e. The van der Waals surface area contributed by atoms with Crippen LogP contribution >= 0.6 is 0 Å². The molecule has 0 bridgehead atoms. The Kier molecular flexibility index (Phi) is 8.91. The maximum atomic E-state index is 12.6. The van der Waals surface area contributed by atoms with E-state index in [0.717, 1.165) is 5.56 Å². The lowest BCUT2D eigenvalue weighted by Gasteiger charge is -2.12. The number of carbonyl (C=O) groups excluding carboxylic acids is 1. The Morgan fingerprint density at radius 1 is 0.889 bits per heavy atom. The first-order chi connectivity index (χ1) is 17.3. The van der Waals surface area contributed by atoms with Crippen LogP contribution in [-0.2, 0) is 10.1 Å². The van der Waals surface area contributed by atoms with Gasteiger partial charge in [0.25, 0.3) is 5.91 Å². The summed E-state index contributed by atoms with van der Waals surface area (Å²) in [7, 11) is -2.64. The van der Waals surface area contributed by atoms with Gasteiger partial charge in [-0.3, -0.25) is 4.79 Å². The van der Waals surface area contributed by atoms with Crippen LogP contribution < -0.4 is 23.8 Å². The Balaban J connectivity index is 1.71. The molecule has 0 aliphatic heterocycles. The van der Waals surface area contributed by atoms with Crippen LogP contribution in [0.25, 0.3) is 0 Å². The Bertz CT molecular complexity index is 1340. The second-order valence-corrected chi connectivity index (χ2v) is 9.03. The van der Waals surface area contributed by atoms with Crippen molar-refractivity contribution in [2.45, 2.75) is 25.7 Å². The van der Waals surface area contributed by atoms with Crippen LogP contribution in [-0.4, -0.2) is 40.9 Å². The van der Waals surface area contributed by atoms with E-state index in [1.54, 1.807) is 42.5 Å². The largest absolute Gasteiger partial charge is 0.493 e. The molecule has 0 aliphatic rings. The van der Waals surface area contributed by atoms with Gasteiger partial charge < -0.3 is 18.4 Å². The van der Waals surface area contributed by atoms with Crippen molar-refractivity contribution in [1.82, 2.24) is 5.43 Å². The molecule has 0 unspecified atom stereocenters. The Morgan fingerprint density at radius 2 is 1.56 bits per heavy atom. The van der Waals surface area contributed by atoms with Gasteiger partial charge >= 0.3 is 10.1 Å². The highest BCUT2D eigenvalue weighted by atomic mass is 32.2. The van der Waals surface area contributed by atoms with Gasteiger partial charge in [-0.15, -0.1) is 0 Å². The fourth-order valence-electron chi connectivity index (χ4n) is 3.13. The summed E-state index contributed by atoms with van der Waals surface area (Å²) in [4.78, 5) is 12.6. The fraction of sp³-hybridized carbons (Fsp3) is 0.231. The Labute approximate surface area is 210 Å². The quantitative estimate of drug-likeness (QED) is 0.231. The first-order valence-electron chi connectivity index (χ1n) is 11.2. The number of hydrazone groups is 1. The van der Waals surface area contributed by atoms with Gasteiger partial charge in [0, 0.05) is 5.56 Å². The predicted molar refractivity (Wildman–Crippen MR) is 136 cm³/mol. The van der Waals surface area contributed by atoms with Crippen molar-refractivity contribution in [2.24, 2.45) is 5.10 Å². The SMILES string of the molecule is CCOc1ccc(C(=O)N/N=C/c2ccc(OS(=O)(=O)c3ccc(C)cc3)c(OC)c2)cc1OCC. The third-order valence-corrected chi connectivity index (χ3v) is 6.13. The minimum absolute atomic E-state index is 0.0251. The summed E-state index contributed by atoms with van der Waals surface area (Å²) in [6.45, 7) is 6.47. The second-order valence-electron chi connectivity index (χ2n) is 7.49. The average Bonchev–Trinajstić information content (AvgIpc) is 2.86. The molecule has 190 valence electrons. The third-order valence-electron chi connectivity index (χ3n) is 4.88. The van der Waals surface area contributed by atoms with Crippen molar-refractivity contribution in [1.29, 1.82) is 0 Å². The molecule has 36 heavy (non-hydrogen) atoms. The molecule has 0 heterocycles. The summed E-state index contributed by atoms with van der Waals surface area (Å²) in [6.07, 6.45) is 1.40. The minimum Gasteiger partial charge on any atom is -0.493 e. The van der Waals surface area contributed by atoms with Crippen LogP contribution in [0.15, 0.2) is 70.7 Å². The van der Waals surface area contributed by atoms with Gasteiger partial charge in [0.2, 0.25) is 0 Å². The first-order valence-corrected chi connectivity index (χ1v) is 12.6. The second kappa shape index (κ2) is 12.1. The molecule has 0 aliphatic carbocycles. The van der Waals surface area contributed by atoms with E-state index in [9.17, 15) is 13.2 Å². The number of methoxy groups -OCH3 is 1. The monoisotopic (exact) mass is 512 g/mol. The molecule has 1 N–H and O–H groups in total. The van der Waals surface area contributed by atoms with Crippen LogP contribution in [0, 0.1) is 6.92 Å². The van der Waals surface area contributed by atoms with Gasteiger partial charge in [-0.25, -0.2) is 5.43 Å². The van der Waals surface area contributed by atoms with Crippen molar-refractivity contribution < 1.29 is 31.6 Å². The predicted octanol–water partition coefficient (Wildman–Crippen LogP) is 4.33. The summed E-state index contributed by atoms with van der Waals surface area (Å²) >= 11 is 0. The molecular formula is C26H28N2O7S. The standard InChI is InChI=1S/C26H28N2O7S/c1-5-33-22-14-10-20(16-25(22)34-6-2)26(29)28-27-17-19-9-13-23(24(15-19)32-4)35-36(30,31)21-11-7-18(3)8-12-21/h7-17H,5-6H2,1-4H3,(H,28,29)/b27-17+. The van der Waals surface area contributed by atoms with Crippen molar-refractivity contribution in [3.05, 3.63) is 77.4 Å². The number of amides is 1. The van der Waals surface area contributed by atoms with Crippen LogP contribution in [0.4, 0.5) is 0 Å². The van der Waals surface area contributed by atoms with Crippen LogP contribution in [0.2, 0.25) is 0 Å². The number of benzene rings is 3. The molecule has 9 nitrogen and oxygen atoms in total. The first kappa shape index (κ1) is 26.6. The summed E-state index contributed by atoms with van der Waals surface area (Å²) in [5.74, 6) is 0.799. The van der Waals surface area contributed by atoms with Crippen molar-refractivity contribution in [3.8, 4) is 23.0 Å². The van der Waals surface area contributed by atoms with Crippen LogP contribution in [0.1, 0.15) is 35.3 Å². The third kappa shape index (κ3) is 6.76. The molecule has 0 radical (unpaired) electrons. The van der Waals surface area contributed by atoms with E-state index in [0.29, 0.717) is 35.8 Å². The highest BCUT2D eigenvalue weighted by Crippen LogP contribution is 2.31. The summed E-state index contributed by atoms with van der Waals surface area (Å²) in [6, 6.07) is 15.8. The fourth-order valence-corrected chi connectivity index (χ4v) is 4.07. The van der Waals surface area contributed by atoms with E-state index in [2.05, 4.69) is 10.5 Å². The van der Waals surface area contributed by atoms with Crippen LogP contribution in [0.3, 0.4) is 0 Å². The summed E-state index contributed by atoms with van der Waals surface area (Å²) < 4.78 is 46.8. The van der Waals surface area contributed by atoms with Gasteiger partial charge in [-0.2, -0.15) is 13.5 Å². The Morgan fingerprint density at radius 3 is 2.22 bits per heavy atom. The maximum absolute atomic E-state index is 12.6. The number of carbonyl (C=O) groups is 1. The lowest BCUT2D eigenvalue weighted by Crippen LogP contribution is -2.17. The highest BCUT2D eigenvalue weighted by Gasteiger charge is 2.19. The molecular weight excluding hydrogens is 484 g/mol. The lowest BCUT2D eigenvalue weighted by molar-refractivity contribution is 0.0954. The van der Waals surface area contributed by atoms with E-state index in [4.69, 9.17) is 18.4 Å². The van der Waals surface area contributed by atoms with E-state index in [-0.39, 0.29) is 16.4 Å². The van der Waals surface area contributed by atoms with Crippen LogP contribution in [0.5, 0.6) is 23.0 Å². The number of nitrogens with zero attached hydrogens (tertiary/aromatic N) is 1. The van der Waals surface area contributed by atoms with E-state index in [1.807, 2.05) is 20.8 Å². The normalized spacial score (nSPS) is 11.2. The number of nitrogens with one attached hydrogen (secondary N) is 1. The van der Waals surface area contributed by atoms with Gasteiger partial charge in [0.05, 0.1) is 26.5 Å². The van der Waals surface area contributed by atoms with Crippen molar-refractivity contribution in [3.63, 3.8) is 0 Å². The number of aryl methyl sites for hydroxylation is 1. The van der Waals surface area contributed by atoms with E-state index in [1.165, 1.54) is 31.5 Å². The molecule has 0 atom stereocenters. The topological polar surface area (TPSA) is 113 Å². The molecule has 0 fully saturated rings. The molecule has 0 saturated carbocycles. The molecule has 0 saturated heterocycles. The Hall–Kier alpha value is -4.05. The summed E-state index contributed by atoms with van der Waals surface area (Å²) in [5.41, 5.74) is 4.28. The molecule has 10 heteroatoms. The molecule has 1 amide bonds. The summed E-state index contributed by atoms with van der Waals surface area (Å²) in [5, 5.41) is 3.98. The number of ether oxygens (including phenoxy) is 3. The average molecular weight is 513 g/mol. The number of hydrogen-bond acceptors (Lipinski definition) is 8. The molecule has 3 aromatic rings. The van der Waals surface area contributed by atoms with Gasteiger partial charge in [0.15, 0.2) is 23.0 Å². The van der Waals surface area contributed by atoms with Crippen molar-refractivity contribution >= 4 is 22.2 Å². The minimum atomic E-state index is -4.04. The van der Waals surface area contributed by atoms with Gasteiger partial charge in [-0.05, 0) is 74.9 Å². The molecule has 3 rings (SSSR count).